The van der Waals surface area contributed by atoms with Gasteiger partial charge < -0.3 is 0 Å². The Morgan fingerprint density at radius 2 is 2.18 bits per heavy atom. The number of benzene rings is 1. The first-order chi connectivity index (χ1) is 8.20. The molecule has 0 radical (unpaired) electrons. The summed E-state index contributed by atoms with van der Waals surface area (Å²) in [5.74, 6) is 0. The normalized spacial score (nSPS) is 11.8. The predicted octanol–water partition coefficient (Wildman–Crippen LogP) is 4.55. The lowest BCUT2D eigenvalue weighted by atomic mass is 10.3. The molecule has 2 rings (SSSR count). The van der Waals surface area contributed by atoms with Crippen molar-refractivity contribution in [1.29, 1.82) is 0 Å². The van der Waals surface area contributed by atoms with Crippen LogP contribution >= 0.6 is 34.7 Å². The van der Waals surface area contributed by atoms with Crippen molar-refractivity contribution in [3.05, 3.63) is 45.4 Å². The first-order valence-electron chi connectivity index (χ1n) is 5.00. The van der Waals surface area contributed by atoms with Crippen LogP contribution in [-0.2, 0) is 0 Å². The summed E-state index contributed by atoms with van der Waals surface area (Å²) in [6.07, 6.45) is 3.85. The van der Waals surface area contributed by atoms with Gasteiger partial charge in [0.05, 0.1) is 10.7 Å². The van der Waals surface area contributed by atoms with E-state index in [-0.39, 0.29) is 0 Å². The molecule has 0 N–H and O–H groups in total. The van der Waals surface area contributed by atoms with E-state index in [1.807, 2.05) is 43.6 Å². The predicted molar refractivity (Wildman–Crippen MR) is 78.0 cm³/mol. The molecule has 2 nitrogen and oxygen atoms in total. The van der Waals surface area contributed by atoms with Crippen LogP contribution in [0.25, 0.3) is 0 Å². The van der Waals surface area contributed by atoms with Gasteiger partial charge in [0.1, 0.15) is 10.1 Å². The molecule has 0 fully saturated rings. The minimum Gasteiger partial charge on any atom is -0.242 e. The molecule has 2 aromatic rings. The lowest BCUT2D eigenvalue weighted by molar-refractivity contribution is 1.36. The van der Waals surface area contributed by atoms with Crippen LogP contribution in [0.15, 0.2) is 35.5 Å². The number of aliphatic imine (C=N–C) groups is 1. The highest BCUT2D eigenvalue weighted by molar-refractivity contribution is 8.14. The third-order valence-corrected chi connectivity index (χ3v) is 4.11. The topological polar surface area (TPSA) is 25.2 Å². The molecule has 0 atom stereocenters. The summed E-state index contributed by atoms with van der Waals surface area (Å²) in [6, 6.07) is 7.56. The van der Waals surface area contributed by atoms with Gasteiger partial charge >= 0.3 is 0 Å². The van der Waals surface area contributed by atoms with Gasteiger partial charge in [0, 0.05) is 11.1 Å². The molecule has 0 bridgehead atoms. The Hall–Kier alpha value is -0.840. The lowest BCUT2D eigenvalue weighted by Crippen LogP contribution is -1.92. The van der Waals surface area contributed by atoms with Gasteiger partial charge in [-0.15, -0.1) is 23.1 Å². The van der Waals surface area contributed by atoms with Gasteiger partial charge in [0.2, 0.25) is 0 Å². The quantitative estimate of drug-likeness (QED) is 0.596. The van der Waals surface area contributed by atoms with Crippen LogP contribution in [0.5, 0.6) is 0 Å². The van der Waals surface area contributed by atoms with Crippen LogP contribution in [0.1, 0.15) is 9.88 Å². The van der Waals surface area contributed by atoms with Gasteiger partial charge in [0.15, 0.2) is 0 Å². The summed E-state index contributed by atoms with van der Waals surface area (Å²) in [5, 5.41) is 2.50. The summed E-state index contributed by atoms with van der Waals surface area (Å²) < 4.78 is 0. The molecule has 0 unspecified atom stereocenters. The van der Waals surface area contributed by atoms with E-state index in [2.05, 4.69) is 9.98 Å². The molecule has 1 aromatic heterocycles. The van der Waals surface area contributed by atoms with E-state index in [0.717, 1.165) is 15.7 Å². The number of hydrogen-bond donors (Lipinski definition) is 0. The summed E-state index contributed by atoms with van der Waals surface area (Å²) in [7, 11) is 0. The van der Waals surface area contributed by atoms with Gasteiger partial charge in [-0.2, -0.15) is 0 Å². The van der Waals surface area contributed by atoms with Crippen molar-refractivity contribution < 1.29 is 0 Å². The third kappa shape index (κ3) is 3.09. The van der Waals surface area contributed by atoms with Crippen molar-refractivity contribution in [2.45, 2.75) is 6.92 Å². The number of aryl methyl sites for hydroxylation is 1. The van der Waals surface area contributed by atoms with Crippen LogP contribution in [0.3, 0.4) is 0 Å². The highest BCUT2D eigenvalue weighted by Gasteiger charge is 2.08. The van der Waals surface area contributed by atoms with Gasteiger partial charge in [0.25, 0.3) is 0 Å². The Bertz CT molecular complexity index is 549. The van der Waals surface area contributed by atoms with E-state index in [1.165, 1.54) is 4.88 Å². The Morgan fingerprint density at radius 1 is 1.41 bits per heavy atom. The molecule has 0 saturated heterocycles. The molecular weight excluding hydrogens is 272 g/mol. The monoisotopic (exact) mass is 282 g/mol. The number of rotatable bonds is 2. The lowest BCUT2D eigenvalue weighted by Gasteiger charge is -2.01. The average molecular weight is 283 g/mol. The van der Waals surface area contributed by atoms with E-state index in [9.17, 15) is 0 Å². The number of nitrogens with zero attached hydrogens (tertiary/aromatic N) is 2. The van der Waals surface area contributed by atoms with Crippen molar-refractivity contribution >= 4 is 45.4 Å². The van der Waals surface area contributed by atoms with E-state index >= 15 is 0 Å². The van der Waals surface area contributed by atoms with Gasteiger partial charge in [-0.25, -0.2) is 9.98 Å². The highest BCUT2D eigenvalue weighted by Crippen LogP contribution is 2.27. The van der Waals surface area contributed by atoms with Gasteiger partial charge in [-0.3, -0.25) is 0 Å². The van der Waals surface area contributed by atoms with Crippen molar-refractivity contribution in [3.63, 3.8) is 0 Å². The molecule has 5 heteroatoms. The number of thiazole rings is 1. The molecular formula is C12H11ClN2S2. The zero-order valence-electron chi connectivity index (χ0n) is 9.48. The van der Waals surface area contributed by atoms with Crippen LogP contribution in [0.2, 0.25) is 5.02 Å². The highest BCUT2D eigenvalue weighted by atomic mass is 35.5. The van der Waals surface area contributed by atoms with Crippen LogP contribution in [-0.4, -0.2) is 16.3 Å². The van der Waals surface area contributed by atoms with Gasteiger partial charge in [-0.05, 0) is 25.3 Å². The zero-order chi connectivity index (χ0) is 12.3. The molecule has 0 aliphatic carbocycles. The maximum atomic E-state index is 6.08. The molecule has 17 heavy (non-hydrogen) atoms. The first kappa shape index (κ1) is 12.6. The zero-order valence-corrected chi connectivity index (χ0v) is 11.9. The number of thioether (sulfide) groups is 1. The second-order valence-corrected chi connectivity index (χ2v) is 5.79. The number of hydrogen-bond acceptors (Lipinski definition) is 4. The fraction of sp³-hybridized carbons (Fsp3) is 0.167. The standard InChI is InChI=1S/C12H11ClN2S2/c1-8-7-14-11(17-8)12(16-2)15-10-6-4-3-5-9(10)13/h3-7H,1-2H3. The Kier molecular flexibility index (Phi) is 4.20. The molecule has 0 saturated carbocycles. The molecule has 0 aliphatic heterocycles. The van der Waals surface area contributed by atoms with Crippen molar-refractivity contribution in [3.8, 4) is 0 Å². The SMILES string of the molecule is CSC(=Nc1ccccc1Cl)c1ncc(C)s1. The van der Waals surface area contributed by atoms with E-state index in [1.54, 1.807) is 23.1 Å². The average Bonchev–Trinajstić information content (AvgIpc) is 2.75. The molecule has 1 aromatic carbocycles. The minimum absolute atomic E-state index is 0.660. The van der Waals surface area contributed by atoms with Crippen molar-refractivity contribution in [2.75, 3.05) is 6.26 Å². The second-order valence-electron chi connectivity index (χ2n) is 3.35. The molecule has 0 spiro atoms. The smallest absolute Gasteiger partial charge is 0.148 e. The maximum Gasteiger partial charge on any atom is 0.148 e. The summed E-state index contributed by atoms with van der Waals surface area (Å²) in [5.41, 5.74) is 0.784. The van der Waals surface area contributed by atoms with E-state index in [0.29, 0.717) is 5.02 Å². The Morgan fingerprint density at radius 3 is 2.76 bits per heavy atom. The van der Waals surface area contributed by atoms with Crippen LogP contribution in [0, 0.1) is 6.92 Å². The van der Waals surface area contributed by atoms with E-state index in [4.69, 9.17) is 11.6 Å². The van der Waals surface area contributed by atoms with Crippen LogP contribution in [0.4, 0.5) is 5.69 Å². The summed E-state index contributed by atoms with van der Waals surface area (Å²) >= 11 is 9.30. The number of para-hydroxylation sites is 1. The molecule has 1 heterocycles. The third-order valence-electron chi connectivity index (χ3n) is 2.07. The fourth-order valence-corrected chi connectivity index (χ4v) is 2.90. The number of halogens is 1. The number of aromatic nitrogens is 1. The van der Waals surface area contributed by atoms with Crippen LogP contribution < -0.4 is 0 Å². The van der Waals surface area contributed by atoms with Crippen molar-refractivity contribution in [2.24, 2.45) is 4.99 Å². The minimum atomic E-state index is 0.660. The summed E-state index contributed by atoms with van der Waals surface area (Å²) in [6.45, 7) is 2.04. The summed E-state index contributed by atoms with van der Waals surface area (Å²) in [4.78, 5) is 10.1. The first-order valence-corrected chi connectivity index (χ1v) is 7.42. The molecule has 0 amide bonds. The largest absolute Gasteiger partial charge is 0.242 e. The van der Waals surface area contributed by atoms with E-state index < -0.39 is 0 Å². The van der Waals surface area contributed by atoms with Crippen molar-refractivity contribution in [1.82, 2.24) is 4.98 Å². The van der Waals surface area contributed by atoms with Gasteiger partial charge in [-0.1, -0.05) is 23.7 Å². The Balaban J connectivity index is 2.39. The second kappa shape index (κ2) is 5.67. The Labute approximate surface area is 114 Å². The fourth-order valence-electron chi connectivity index (χ4n) is 1.29. The maximum absolute atomic E-state index is 6.08. The molecule has 0 aliphatic rings. The molecule has 88 valence electrons.